The molecule has 6 nitrogen and oxygen atoms in total. The Labute approximate surface area is 183 Å². The van der Waals surface area contributed by atoms with Gasteiger partial charge in [-0.05, 0) is 64.6 Å². The Morgan fingerprint density at radius 2 is 1.75 bits per heavy atom. The number of nitrogens with two attached hydrogens (primary N) is 1. The first kappa shape index (κ1) is 22.9. The SMILES string of the molecule is CCC(CC)OCc1nc(Br)c(-c2cc(Br)c(OC(C)C)cc2OC)nc1N. The molecule has 0 bridgehead atoms. The summed E-state index contributed by atoms with van der Waals surface area (Å²) in [7, 11) is 1.61. The van der Waals surface area contributed by atoms with Crippen molar-refractivity contribution in [3.63, 3.8) is 0 Å². The largest absolute Gasteiger partial charge is 0.496 e. The van der Waals surface area contributed by atoms with Gasteiger partial charge in [0.15, 0.2) is 0 Å². The van der Waals surface area contributed by atoms with Gasteiger partial charge in [0.1, 0.15) is 33.3 Å². The van der Waals surface area contributed by atoms with Crippen LogP contribution in [0.25, 0.3) is 11.3 Å². The smallest absolute Gasteiger partial charge is 0.148 e. The maximum Gasteiger partial charge on any atom is 0.148 e. The van der Waals surface area contributed by atoms with E-state index in [1.807, 2.05) is 26.0 Å². The summed E-state index contributed by atoms with van der Waals surface area (Å²) in [6.07, 6.45) is 2.12. The second kappa shape index (κ2) is 10.4. The molecular weight excluding hydrogens is 490 g/mol. The van der Waals surface area contributed by atoms with Crippen LogP contribution in [0.3, 0.4) is 0 Å². The zero-order valence-electron chi connectivity index (χ0n) is 16.9. The van der Waals surface area contributed by atoms with Crippen LogP contribution in [0.4, 0.5) is 5.82 Å². The molecule has 1 heterocycles. The average molecular weight is 517 g/mol. The number of ether oxygens (including phenoxy) is 3. The van der Waals surface area contributed by atoms with Crippen molar-refractivity contribution >= 4 is 37.7 Å². The van der Waals surface area contributed by atoms with Crippen LogP contribution in [0.5, 0.6) is 11.5 Å². The normalized spacial score (nSPS) is 11.3. The standard InChI is InChI=1S/C20H27Br2N3O3/c1-6-12(7-2)27-10-15-20(23)25-18(19(22)24-15)13-8-14(21)17(28-11(3)4)9-16(13)26-5/h8-9,11-12H,6-7,10H2,1-5H3,(H2,23,25). The molecule has 1 aromatic heterocycles. The van der Waals surface area contributed by atoms with E-state index in [1.165, 1.54) is 0 Å². The predicted octanol–water partition coefficient (Wildman–Crippen LogP) is 5.75. The number of aromatic nitrogens is 2. The fourth-order valence-electron chi connectivity index (χ4n) is 2.69. The monoisotopic (exact) mass is 515 g/mol. The Bertz CT molecular complexity index is 812. The molecule has 0 saturated heterocycles. The Morgan fingerprint density at radius 3 is 2.32 bits per heavy atom. The van der Waals surface area contributed by atoms with E-state index in [4.69, 9.17) is 19.9 Å². The molecule has 0 atom stereocenters. The van der Waals surface area contributed by atoms with Crippen molar-refractivity contribution < 1.29 is 14.2 Å². The highest BCUT2D eigenvalue weighted by Crippen LogP contribution is 2.40. The topological polar surface area (TPSA) is 79.5 Å². The lowest BCUT2D eigenvalue weighted by Gasteiger charge is -2.17. The summed E-state index contributed by atoms with van der Waals surface area (Å²) < 4.78 is 18.6. The minimum atomic E-state index is 0.0448. The van der Waals surface area contributed by atoms with Crippen molar-refractivity contribution in [2.24, 2.45) is 0 Å². The van der Waals surface area contributed by atoms with Crippen LogP contribution in [0.1, 0.15) is 46.2 Å². The molecule has 0 aliphatic rings. The second-order valence-electron chi connectivity index (χ2n) is 6.59. The maximum absolute atomic E-state index is 6.17. The minimum Gasteiger partial charge on any atom is -0.496 e. The fraction of sp³-hybridized carbons (Fsp3) is 0.500. The lowest BCUT2D eigenvalue weighted by Crippen LogP contribution is -2.13. The van der Waals surface area contributed by atoms with Crippen LogP contribution in [-0.2, 0) is 11.3 Å². The summed E-state index contributed by atoms with van der Waals surface area (Å²) in [6, 6.07) is 3.72. The van der Waals surface area contributed by atoms with Crippen LogP contribution >= 0.6 is 31.9 Å². The van der Waals surface area contributed by atoms with E-state index >= 15 is 0 Å². The third-order valence-corrected chi connectivity index (χ3v) is 5.37. The van der Waals surface area contributed by atoms with E-state index in [0.717, 1.165) is 22.9 Å². The molecule has 28 heavy (non-hydrogen) atoms. The van der Waals surface area contributed by atoms with Crippen LogP contribution in [0.15, 0.2) is 21.2 Å². The van der Waals surface area contributed by atoms with E-state index in [9.17, 15) is 0 Å². The zero-order chi connectivity index (χ0) is 20.8. The van der Waals surface area contributed by atoms with E-state index in [0.29, 0.717) is 39.9 Å². The second-order valence-corrected chi connectivity index (χ2v) is 8.20. The molecule has 2 N–H and O–H groups in total. The number of hydrogen-bond acceptors (Lipinski definition) is 6. The number of benzene rings is 1. The van der Waals surface area contributed by atoms with Gasteiger partial charge >= 0.3 is 0 Å². The van der Waals surface area contributed by atoms with Crippen molar-refractivity contribution in [2.75, 3.05) is 12.8 Å². The third-order valence-electron chi connectivity index (χ3n) is 4.19. The highest BCUT2D eigenvalue weighted by molar-refractivity contribution is 9.10. The first-order valence-corrected chi connectivity index (χ1v) is 10.9. The van der Waals surface area contributed by atoms with Gasteiger partial charge in [0.25, 0.3) is 0 Å². The number of halogens is 2. The van der Waals surface area contributed by atoms with Gasteiger partial charge in [-0.25, -0.2) is 9.97 Å². The molecule has 2 aromatic rings. The Balaban J connectivity index is 2.40. The number of rotatable bonds is 9. The number of nitrogen functional groups attached to an aromatic ring is 1. The lowest BCUT2D eigenvalue weighted by atomic mass is 10.1. The van der Waals surface area contributed by atoms with Crippen molar-refractivity contribution in [3.05, 3.63) is 26.9 Å². The zero-order valence-corrected chi connectivity index (χ0v) is 20.1. The lowest BCUT2D eigenvalue weighted by molar-refractivity contribution is 0.0342. The molecule has 0 amide bonds. The Morgan fingerprint density at radius 1 is 1.07 bits per heavy atom. The van der Waals surface area contributed by atoms with Crippen LogP contribution in [0.2, 0.25) is 0 Å². The van der Waals surface area contributed by atoms with Crippen molar-refractivity contribution in [1.29, 1.82) is 0 Å². The number of hydrogen-bond donors (Lipinski definition) is 1. The minimum absolute atomic E-state index is 0.0448. The molecule has 0 aliphatic heterocycles. The van der Waals surface area contributed by atoms with Gasteiger partial charge in [0.2, 0.25) is 0 Å². The molecule has 1 aromatic carbocycles. The molecule has 0 unspecified atom stereocenters. The van der Waals surface area contributed by atoms with Gasteiger partial charge in [-0.15, -0.1) is 0 Å². The quantitative estimate of drug-likeness (QED) is 0.457. The van der Waals surface area contributed by atoms with E-state index < -0.39 is 0 Å². The number of methoxy groups -OCH3 is 1. The molecule has 8 heteroatoms. The highest BCUT2D eigenvalue weighted by Gasteiger charge is 2.19. The molecule has 0 aliphatic carbocycles. The van der Waals surface area contributed by atoms with Crippen LogP contribution in [0, 0.1) is 0 Å². The van der Waals surface area contributed by atoms with Gasteiger partial charge in [-0.1, -0.05) is 13.8 Å². The van der Waals surface area contributed by atoms with Gasteiger partial charge in [-0.2, -0.15) is 0 Å². The third kappa shape index (κ3) is 5.58. The summed E-state index contributed by atoms with van der Waals surface area (Å²) in [5.41, 5.74) is 8.13. The first-order valence-electron chi connectivity index (χ1n) is 9.28. The predicted molar refractivity (Wildman–Crippen MR) is 119 cm³/mol. The summed E-state index contributed by atoms with van der Waals surface area (Å²) in [5, 5.41) is 0. The molecule has 0 radical (unpaired) electrons. The number of anilines is 1. The Hall–Kier alpha value is -1.38. The van der Waals surface area contributed by atoms with Gasteiger partial charge < -0.3 is 19.9 Å². The van der Waals surface area contributed by atoms with Crippen LogP contribution < -0.4 is 15.2 Å². The van der Waals surface area contributed by atoms with Gasteiger partial charge in [-0.3, -0.25) is 0 Å². The number of nitrogens with zero attached hydrogens (tertiary/aromatic N) is 2. The van der Waals surface area contributed by atoms with Gasteiger partial charge in [0.05, 0.1) is 30.4 Å². The molecule has 0 saturated carbocycles. The molecule has 154 valence electrons. The summed E-state index contributed by atoms with van der Waals surface area (Å²) in [5.74, 6) is 1.65. The van der Waals surface area contributed by atoms with Crippen molar-refractivity contribution in [3.8, 4) is 22.8 Å². The van der Waals surface area contributed by atoms with E-state index in [2.05, 4.69) is 55.7 Å². The molecule has 2 rings (SSSR count). The first-order chi connectivity index (χ1) is 13.3. The molecule has 0 spiro atoms. The van der Waals surface area contributed by atoms with Crippen LogP contribution in [-0.4, -0.2) is 29.3 Å². The van der Waals surface area contributed by atoms with E-state index in [-0.39, 0.29) is 12.2 Å². The molecule has 0 fully saturated rings. The Kier molecular flexibility index (Phi) is 8.52. The molecular formula is C20H27Br2N3O3. The van der Waals surface area contributed by atoms with Gasteiger partial charge in [0, 0.05) is 11.6 Å². The van der Waals surface area contributed by atoms with E-state index in [1.54, 1.807) is 7.11 Å². The summed E-state index contributed by atoms with van der Waals surface area (Å²) >= 11 is 7.07. The van der Waals surface area contributed by atoms with Crippen molar-refractivity contribution in [1.82, 2.24) is 9.97 Å². The fourth-order valence-corrected chi connectivity index (χ4v) is 3.64. The summed E-state index contributed by atoms with van der Waals surface area (Å²) in [4.78, 5) is 9.13. The summed E-state index contributed by atoms with van der Waals surface area (Å²) in [6.45, 7) is 8.46. The maximum atomic E-state index is 6.17. The van der Waals surface area contributed by atoms with Crippen molar-refractivity contribution in [2.45, 2.75) is 59.4 Å². The average Bonchev–Trinajstić information content (AvgIpc) is 2.65. The highest BCUT2D eigenvalue weighted by atomic mass is 79.9.